The number of halogens is 3. The van der Waals surface area contributed by atoms with Crippen LogP contribution in [-0.2, 0) is 0 Å². The molecule has 0 saturated carbocycles. The van der Waals surface area contributed by atoms with Crippen LogP contribution in [0, 0.1) is 6.92 Å². The lowest BCUT2D eigenvalue weighted by molar-refractivity contribution is 1.46. The van der Waals surface area contributed by atoms with Gasteiger partial charge in [0.2, 0.25) is 0 Å². The zero-order valence-corrected chi connectivity index (χ0v) is 10.9. The Kier molecular flexibility index (Phi) is 3.44. The van der Waals surface area contributed by atoms with E-state index in [1.165, 1.54) is 0 Å². The maximum atomic E-state index is 6.25. The fourth-order valence-corrected chi connectivity index (χ4v) is 2.42. The van der Waals surface area contributed by atoms with Crippen LogP contribution in [0.1, 0.15) is 5.56 Å². The van der Waals surface area contributed by atoms with Gasteiger partial charge in [0, 0.05) is 21.2 Å². The molecule has 0 unspecified atom stereocenters. The predicted molar refractivity (Wildman–Crippen MR) is 71.6 cm³/mol. The summed E-state index contributed by atoms with van der Waals surface area (Å²) >= 11 is 18.5. The first kappa shape index (κ1) is 11.8. The molecule has 0 atom stereocenters. The van der Waals surface area contributed by atoms with Crippen LogP contribution in [0.15, 0.2) is 36.4 Å². The van der Waals surface area contributed by atoms with Crippen molar-refractivity contribution in [2.45, 2.75) is 6.92 Å². The third-order valence-electron chi connectivity index (χ3n) is 2.42. The highest BCUT2D eigenvalue weighted by Crippen LogP contribution is 2.39. The van der Waals surface area contributed by atoms with Gasteiger partial charge < -0.3 is 0 Å². The molecular weight excluding hydrogens is 263 g/mol. The number of benzene rings is 2. The first-order chi connectivity index (χ1) is 7.61. The molecule has 0 nitrogen and oxygen atoms in total. The largest absolute Gasteiger partial charge is 0.0836 e. The molecular formula is C13H9Cl3. The van der Waals surface area contributed by atoms with Gasteiger partial charge in [0.1, 0.15) is 0 Å². The van der Waals surface area contributed by atoms with Gasteiger partial charge in [0.25, 0.3) is 0 Å². The Hall–Kier alpha value is -0.690. The summed E-state index contributed by atoms with van der Waals surface area (Å²) in [5.74, 6) is 0. The summed E-state index contributed by atoms with van der Waals surface area (Å²) in [4.78, 5) is 0. The van der Waals surface area contributed by atoms with Gasteiger partial charge in [0.05, 0.1) is 5.02 Å². The maximum Gasteiger partial charge on any atom is 0.0514 e. The molecule has 0 N–H and O–H groups in total. The molecule has 0 aliphatic rings. The fourth-order valence-electron chi connectivity index (χ4n) is 1.60. The van der Waals surface area contributed by atoms with Crippen LogP contribution in [0.3, 0.4) is 0 Å². The summed E-state index contributed by atoms with van der Waals surface area (Å²) in [5, 5.41) is 1.91. The number of hydrogen-bond acceptors (Lipinski definition) is 0. The molecule has 0 fully saturated rings. The fraction of sp³-hybridized carbons (Fsp3) is 0.0769. The molecule has 2 rings (SSSR count). The van der Waals surface area contributed by atoms with Crippen molar-refractivity contribution in [1.82, 2.24) is 0 Å². The second-order valence-corrected chi connectivity index (χ2v) is 4.73. The van der Waals surface area contributed by atoms with Crippen molar-refractivity contribution in [3.8, 4) is 11.1 Å². The van der Waals surface area contributed by atoms with Gasteiger partial charge in [0.15, 0.2) is 0 Å². The minimum Gasteiger partial charge on any atom is -0.0836 e. The predicted octanol–water partition coefficient (Wildman–Crippen LogP) is 5.62. The average molecular weight is 272 g/mol. The van der Waals surface area contributed by atoms with E-state index in [4.69, 9.17) is 34.8 Å². The minimum absolute atomic E-state index is 0.611. The Morgan fingerprint density at radius 1 is 0.812 bits per heavy atom. The van der Waals surface area contributed by atoms with Crippen molar-refractivity contribution in [1.29, 1.82) is 0 Å². The van der Waals surface area contributed by atoms with Crippen molar-refractivity contribution in [3.63, 3.8) is 0 Å². The molecule has 0 heterocycles. The minimum atomic E-state index is 0.611. The second-order valence-electron chi connectivity index (χ2n) is 3.53. The van der Waals surface area contributed by atoms with Gasteiger partial charge >= 0.3 is 0 Å². The Morgan fingerprint density at radius 2 is 1.38 bits per heavy atom. The summed E-state index contributed by atoms with van der Waals surface area (Å²) in [7, 11) is 0. The van der Waals surface area contributed by atoms with Crippen molar-refractivity contribution in [3.05, 3.63) is 57.0 Å². The first-order valence-electron chi connectivity index (χ1n) is 4.80. The lowest BCUT2D eigenvalue weighted by atomic mass is 10.0. The zero-order valence-electron chi connectivity index (χ0n) is 8.60. The van der Waals surface area contributed by atoms with Gasteiger partial charge in [-0.15, -0.1) is 0 Å². The number of hydrogen-bond donors (Lipinski definition) is 0. The van der Waals surface area contributed by atoms with E-state index in [-0.39, 0.29) is 0 Å². The molecule has 0 radical (unpaired) electrons. The third-order valence-corrected chi connectivity index (χ3v) is 3.56. The van der Waals surface area contributed by atoms with Crippen LogP contribution in [0.25, 0.3) is 11.1 Å². The standard InChI is InChI=1S/C13H9Cl3/c1-8-4-2-5-9(13(8)16)12-10(14)6-3-7-11(12)15/h2-7H,1H3. The average Bonchev–Trinajstić information content (AvgIpc) is 2.24. The van der Waals surface area contributed by atoms with Crippen LogP contribution in [0.5, 0.6) is 0 Å². The van der Waals surface area contributed by atoms with Gasteiger partial charge in [-0.25, -0.2) is 0 Å². The molecule has 0 aliphatic heterocycles. The third kappa shape index (κ3) is 2.06. The Morgan fingerprint density at radius 3 is 2.00 bits per heavy atom. The van der Waals surface area contributed by atoms with Crippen LogP contribution >= 0.6 is 34.8 Å². The summed E-state index contributed by atoms with van der Waals surface area (Å²) in [5.41, 5.74) is 2.67. The van der Waals surface area contributed by atoms with E-state index in [0.717, 1.165) is 16.7 Å². The summed E-state index contributed by atoms with van der Waals surface area (Å²) in [6.07, 6.45) is 0. The molecule has 3 heteroatoms. The maximum absolute atomic E-state index is 6.25. The summed E-state index contributed by atoms with van der Waals surface area (Å²) < 4.78 is 0. The topological polar surface area (TPSA) is 0 Å². The highest BCUT2D eigenvalue weighted by atomic mass is 35.5. The van der Waals surface area contributed by atoms with E-state index < -0.39 is 0 Å². The highest BCUT2D eigenvalue weighted by molar-refractivity contribution is 6.41. The molecule has 0 aromatic heterocycles. The second kappa shape index (κ2) is 4.67. The van der Waals surface area contributed by atoms with Crippen LogP contribution < -0.4 is 0 Å². The Balaban J connectivity index is 2.73. The quantitative estimate of drug-likeness (QED) is 0.631. The van der Waals surface area contributed by atoms with Crippen LogP contribution in [0.2, 0.25) is 15.1 Å². The SMILES string of the molecule is Cc1cccc(-c2c(Cl)cccc2Cl)c1Cl. The van der Waals surface area contributed by atoms with Crippen molar-refractivity contribution < 1.29 is 0 Å². The zero-order chi connectivity index (χ0) is 11.7. The van der Waals surface area contributed by atoms with E-state index in [1.807, 2.05) is 31.2 Å². The molecule has 0 amide bonds. The Bertz CT molecular complexity index is 512. The van der Waals surface area contributed by atoms with E-state index in [0.29, 0.717) is 15.1 Å². The monoisotopic (exact) mass is 270 g/mol. The Labute approximate surface area is 110 Å². The molecule has 0 spiro atoms. The van der Waals surface area contributed by atoms with E-state index in [9.17, 15) is 0 Å². The highest BCUT2D eigenvalue weighted by Gasteiger charge is 2.12. The molecule has 82 valence electrons. The van der Waals surface area contributed by atoms with Crippen molar-refractivity contribution >= 4 is 34.8 Å². The lowest BCUT2D eigenvalue weighted by Crippen LogP contribution is -1.85. The van der Waals surface area contributed by atoms with Gasteiger partial charge in [-0.05, 0) is 24.6 Å². The number of aryl methyl sites for hydroxylation is 1. The molecule has 2 aromatic carbocycles. The first-order valence-corrected chi connectivity index (χ1v) is 5.94. The van der Waals surface area contributed by atoms with Gasteiger partial charge in [-0.2, -0.15) is 0 Å². The van der Waals surface area contributed by atoms with Crippen molar-refractivity contribution in [2.24, 2.45) is 0 Å². The van der Waals surface area contributed by atoms with Crippen LogP contribution in [0.4, 0.5) is 0 Å². The van der Waals surface area contributed by atoms with Crippen LogP contribution in [-0.4, -0.2) is 0 Å². The molecule has 16 heavy (non-hydrogen) atoms. The van der Waals surface area contributed by atoms with Gasteiger partial charge in [-0.1, -0.05) is 59.1 Å². The smallest absolute Gasteiger partial charge is 0.0514 e. The van der Waals surface area contributed by atoms with Crippen molar-refractivity contribution in [2.75, 3.05) is 0 Å². The molecule has 0 aliphatic carbocycles. The van der Waals surface area contributed by atoms with E-state index >= 15 is 0 Å². The van der Waals surface area contributed by atoms with Gasteiger partial charge in [-0.3, -0.25) is 0 Å². The molecule has 0 bridgehead atoms. The summed E-state index contributed by atoms with van der Waals surface area (Å²) in [6.45, 7) is 1.95. The summed E-state index contributed by atoms with van der Waals surface area (Å²) in [6, 6.07) is 11.2. The lowest BCUT2D eigenvalue weighted by Gasteiger charge is -2.10. The molecule has 2 aromatic rings. The van der Waals surface area contributed by atoms with E-state index in [2.05, 4.69) is 0 Å². The van der Waals surface area contributed by atoms with E-state index in [1.54, 1.807) is 12.1 Å². The number of rotatable bonds is 1. The normalized spacial score (nSPS) is 10.5. The molecule has 0 saturated heterocycles.